The van der Waals surface area contributed by atoms with Crippen molar-refractivity contribution in [1.82, 2.24) is 15.4 Å². The van der Waals surface area contributed by atoms with Crippen LogP contribution in [0.3, 0.4) is 0 Å². The number of H-pyrrole nitrogens is 1. The van der Waals surface area contributed by atoms with Crippen LogP contribution in [0.2, 0.25) is 0 Å². The Morgan fingerprint density at radius 2 is 1.41 bits per heavy atom. The Morgan fingerprint density at radius 3 is 2.36 bits per heavy atom. The van der Waals surface area contributed by atoms with E-state index in [1.165, 1.54) is 27.8 Å². The Labute approximate surface area is 127 Å². The molecule has 3 nitrogen and oxygen atoms in total. The minimum atomic E-state index is 0.908. The zero-order chi connectivity index (χ0) is 14.5. The molecule has 1 heterocycles. The molecule has 0 bridgehead atoms. The van der Waals surface area contributed by atoms with E-state index >= 15 is 0 Å². The summed E-state index contributed by atoms with van der Waals surface area (Å²) in [4.78, 5) is 0. The largest absolute Gasteiger partial charge is 0.197 e. The molecule has 5 rings (SSSR count). The van der Waals surface area contributed by atoms with Crippen molar-refractivity contribution in [3.63, 3.8) is 0 Å². The quantitative estimate of drug-likeness (QED) is 0.501. The second kappa shape index (κ2) is 4.28. The number of hydrogen-bond donors (Lipinski definition) is 1. The second-order valence-corrected chi connectivity index (χ2v) is 5.66. The van der Waals surface area contributed by atoms with Gasteiger partial charge in [0.2, 0.25) is 0 Å². The normalized spacial score (nSPS) is 12.4. The van der Waals surface area contributed by atoms with Gasteiger partial charge in [-0.3, -0.25) is 0 Å². The molecule has 4 aromatic rings. The lowest BCUT2D eigenvalue weighted by Crippen LogP contribution is -1.89. The van der Waals surface area contributed by atoms with E-state index in [-0.39, 0.29) is 0 Å². The number of hydrogen-bond acceptors (Lipinski definition) is 2. The third-order valence-electron chi connectivity index (χ3n) is 4.49. The van der Waals surface area contributed by atoms with Crippen molar-refractivity contribution in [1.29, 1.82) is 0 Å². The van der Waals surface area contributed by atoms with Gasteiger partial charge in [0.15, 0.2) is 0 Å². The van der Waals surface area contributed by atoms with Gasteiger partial charge >= 0.3 is 0 Å². The highest BCUT2D eigenvalue weighted by Gasteiger charge is 2.22. The fraction of sp³-hybridized carbons (Fsp3) is 0.0526. The SMILES string of the molecule is c1ccc2c(c1)Cc1c-2cccc1-c1cccc2n[nH]nc12. The minimum Gasteiger partial charge on any atom is -0.197 e. The number of aromatic nitrogens is 3. The van der Waals surface area contributed by atoms with Gasteiger partial charge in [-0.05, 0) is 40.3 Å². The molecule has 1 aliphatic rings. The summed E-state index contributed by atoms with van der Waals surface area (Å²) >= 11 is 0. The van der Waals surface area contributed by atoms with Crippen LogP contribution in [0.5, 0.6) is 0 Å². The van der Waals surface area contributed by atoms with Crippen LogP contribution in [0.25, 0.3) is 33.3 Å². The summed E-state index contributed by atoms with van der Waals surface area (Å²) in [7, 11) is 0. The molecular formula is C19H13N3. The zero-order valence-corrected chi connectivity index (χ0v) is 11.9. The van der Waals surface area contributed by atoms with Crippen LogP contribution in [0, 0.1) is 0 Å². The third-order valence-corrected chi connectivity index (χ3v) is 4.49. The Balaban J connectivity index is 1.80. The standard InChI is InChI=1S/C19H13N3/c1-2-6-13-12(5-1)11-17-14(13)7-3-8-15(17)16-9-4-10-18-19(16)21-22-20-18/h1-10H,11H2,(H,20,21,22). The van der Waals surface area contributed by atoms with Gasteiger partial charge in [0.25, 0.3) is 0 Å². The number of nitrogens with one attached hydrogen (secondary N) is 1. The molecule has 3 aromatic carbocycles. The topological polar surface area (TPSA) is 41.6 Å². The lowest BCUT2D eigenvalue weighted by Gasteiger charge is -2.09. The Bertz CT molecular complexity index is 1010. The predicted molar refractivity (Wildman–Crippen MR) is 87.6 cm³/mol. The van der Waals surface area contributed by atoms with E-state index < -0.39 is 0 Å². The average Bonchev–Trinajstić information content (AvgIpc) is 3.18. The molecule has 0 aliphatic heterocycles. The van der Waals surface area contributed by atoms with E-state index in [4.69, 9.17) is 0 Å². The molecule has 0 amide bonds. The number of fused-ring (bicyclic) bond motifs is 4. The lowest BCUT2D eigenvalue weighted by molar-refractivity contribution is 0.959. The first-order valence-electron chi connectivity index (χ1n) is 7.42. The molecule has 0 radical (unpaired) electrons. The number of benzene rings is 3. The van der Waals surface area contributed by atoms with Crippen molar-refractivity contribution >= 4 is 11.0 Å². The van der Waals surface area contributed by atoms with Crippen molar-refractivity contribution in [3.8, 4) is 22.3 Å². The molecule has 3 heteroatoms. The van der Waals surface area contributed by atoms with Crippen molar-refractivity contribution in [2.75, 3.05) is 0 Å². The molecule has 1 aromatic heterocycles. The van der Waals surface area contributed by atoms with Gasteiger partial charge in [-0.2, -0.15) is 15.4 Å². The number of para-hydroxylation sites is 1. The second-order valence-electron chi connectivity index (χ2n) is 5.66. The number of nitrogens with zero attached hydrogens (tertiary/aromatic N) is 2. The van der Waals surface area contributed by atoms with Crippen LogP contribution in [-0.4, -0.2) is 15.4 Å². The zero-order valence-electron chi connectivity index (χ0n) is 11.9. The number of aromatic amines is 1. The molecule has 1 N–H and O–H groups in total. The molecule has 0 saturated carbocycles. The van der Waals surface area contributed by atoms with E-state index in [1.54, 1.807) is 0 Å². The van der Waals surface area contributed by atoms with Gasteiger partial charge < -0.3 is 0 Å². The fourth-order valence-electron chi connectivity index (χ4n) is 3.49. The molecule has 104 valence electrons. The Morgan fingerprint density at radius 1 is 0.682 bits per heavy atom. The molecule has 0 saturated heterocycles. The molecule has 22 heavy (non-hydrogen) atoms. The van der Waals surface area contributed by atoms with Crippen molar-refractivity contribution < 1.29 is 0 Å². The van der Waals surface area contributed by atoms with Gasteiger partial charge in [-0.15, -0.1) is 0 Å². The summed E-state index contributed by atoms with van der Waals surface area (Å²) in [5, 5.41) is 11.3. The van der Waals surface area contributed by atoms with Crippen molar-refractivity contribution in [3.05, 3.63) is 71.8 Å². The first kappa shape index (κ1) is 11.7. The molecule has 0 spiro atoms. The fourth-order valence-corrected chi connectivity index (χ4v) is 3.49. The van der Waals surface area contributed by atoms with Crippen molar-refractivity contribution in [2.45, 2.75) is 6.42 Å². The summed E-state index contributed by atoms with van der Waals surface area (Å²) in [5.74, 6) is 0. The van der Waals surface area contributed by atoms with Crippen LogP contribution in [0.15, 0.2) is 60.7 Å². The lowest BCUT2D eigenvalue weighted by atomic mass is 9.95. The monoisotopic (exact) mass is 283 g/mol. The molecule has 0 atom stereocenters. The molecule has 1 aliphatic carbocycles. The summed E-state index contributed by atoms with van der Waals surface area (Å²) in [6.07, 6.45) is 0.982. The highest BCUT2D eigenvalue weighted by atomic mass is 15.3. The maximum Gasteiger partial charge on any atom is 0.120 e. The summed E-state index contributed by atoms with van der Waals surface area (Å²) in [6.45, 7) is 0. The smallest absolute Gasteiger partial charge is 0.120 e. The van der Waals surface area contributed by atoms with E-state index in [2.05, 4.69) is 63.9 Å². The van der Waals surface area contributed by atoms with E-state index in [9.17, 15) is 0 Å². The van der Waals surface area contributed by atoms with E-state index in [0.29, 0.717) is 0 Å². The maximum absolute atomic E-state index is 4.33. The van der Waals surface area contributed by atoms with Crippen molar-refractivity contribution in [2.24, 2.45) is 0 Å². The minimum absolute atomic E-state index is 0.908. The first-order valence-corrected chi connectivity index (χ1v) is 7.42. The van der Waals surface area contributed by atoms with Gasteiger partial charge in [-0.25, -0.2) is 0 Å². The van der Waals surface area contributed by atoms with Crippen LogP contribution in [0.4, 0.5) is 0 Å². The summed E-state index contributed by atoms with van der Waals surface area (Å²) < 4.78 is 0. The average molecular weight is 283 g/mol. The highest BCUT2D eigenvalue weighted by Crippen LogP contribution is 2.42. The Kier molecular flexibility index (Phi) is 2.27. The van der Waals surface area contributed by atoms with Crippen LogP contribution in [-0.2, 0) is 6.42 Å². The predicted octanol–water partition coefficient (Wildman–Crippen LogP) is 4.20. The van der Waals surface area contributed by atoms with Gasteiger partial charge in [-0.1, -0.05) is 54.6 Å². The van der Waals surface area contributed by atoms with Gasteiger partial charge in [0.1, 0.15) is 11.0 Å². The van der Waals surface area contributed by atoms with Crippen LogP contribution >= 0.6 is 0 Å². The summed E-state index contributed by atoms with van der Waals surface area (Å²) in [5.41, 5.74) is 9.73. The third kappa shape index (κ3) is 1.51. The molecular weight excluding hydrogens is 270 g/mol. The van der Waals surface area contributed by atoms with E-state index in [1.807, 2.05) is 12.1 Å². The molecule has 0 unspecified atom stereocenters. The van der Waals surface area contributed by atoms with Gasteiger partial charge in [0, 0.05) is 5.56 Å². The molecule has 0 fully saturated rings. The van der Waals surface area contributed by atoms with E-state index in [0.717, 1.165) is 23.0 Å². The van der Waals surface area contributed by atoms with Crippen LogP contribution < -0.4 is 0 Å². The summed E-state index contributed by atoms with van der Waals surface area (Å²) in [6, 6.07) is 21.3. The highest BCUT2D eigenvalue weighted by molar-refractivity contribution is 5.95. The van der Waals surface area contributed by atoms with Gasteiger partial charge in [0.05, 0.1) is 0 Å². The number of rotatable bonds is 1. The Hall–Kier alpha value is -2.94. The first-order chi connectivity index (χ1) is 10.9. The maximum atomic E-state index is 4.33. The van der Waals surface area contributed by atoms with Crippen LogP contribution in [0.1, 0.15) is 11.1 Å².